The second kappa shape index (κ2) is 18.3. The molecule has 0 saturated carbocycles. The van der Waals surface area contributed by atoms with E-state index in [2.05, 4.69) is 45.1 Å². The summed E-state index contributed by atoms with van der Waals surface area (Å²) in [6.07, 6.45) is 20.8. The number of unbranched alkanes of at least 4 members (excludes halogenated alkanes) is 10. The van der Waals surface area contributed by atoms with Gasteiger partial charge >= 0.3 is 6.09 Å². The predicted octanol–water partition coefficient (Wildman–Crippen LogP) is 9.99. The average molecular weight is 546 g/mol. The summed E-state index contributed by atoms with van der Waals surface area (Å²) in [6, 6.07) is 5.71. The Morgan fingerprint density at radius 1 is 0.974 bits per heavy atom. The maximum atomic E-state index is 11.1. The molecule has 1 unspecified atom stereocenters. The molecule has 0 spiro atoms. The molecule has 0 aromatic heterocycles. The first-order valence-corrected chi connectivity index (χ1v) is 17.7. The Morgan fingerprint density at radius 2 is 1.53 bits per heavy atom. The van der Waals surface area contributed by atoms with Gasteiger partial charge in [0.1, 0.15) is 5.75 Å². The van der Waals surface area contributed by atoms with Gasteiger partial charge in [0.2, 0.25) is 0 Å². The lowest BCUT2D eigenvalue weighted by Crippen LogP contribution is -2.40. The lowest BCUT2D eigenvalue weighted by atomic mass is 9.87. The molecule has 1 aromatic rings. The van der Waals surface area contributed by atoms with Crippen molar-refractivity contribution in [2.24, 2.45) is 0 Å². The molecule has 1 aromatic carbocycles. The Labute approximate surface area is 234 Å². The maximum Gasteiger partial charge on any atom is 0.409 e. The van der Waals surface area contributed by atoms with Crippen LogP contribution in [-0.4, -0.2) is 33.2 Å². The molecule has 0 fully saturated rings. The van der Waals surface area contributed by atoms with E-state index >= 15 is 0 Å². The minimum atomic E-state index is -1.66. The number of terminal acetylenes is 1. The van der Waals surface area contributed by atoms with Crippen molar-refractivity contribution in [2.45, 2.75) is 135 Å². The van der Waals surface area contributed by atoms with Crippen LogP contribution in [0, 0.1) is 12.3 Å². The van der Waals surface area contributed by atoms with Crippen LogP contribution in [0.25, 0.3) is 0 Å². The number of anilines is 1. The van der Waals surface area contributed by atoms with Gasteiger partial charge in [-0.2, -0.15) is 0 Å². The van der Waals surface area contributed by atoms with Gasteiger partial charge in [0.05, 0.1) is 7.11 Å². The smallest absolute Gasteiger partial charge is 0.409 e. The van der Waals surface area contributed by atoms with Crippen molar-refractivity contribution in [3.05, 3.63) is 23.8 Å². The molecule has 0 radical (unpaired) electrons. The molecule has 0 heterocycles. The van der Waals surface area contributed by atoms with E-state index in [1.54, 1.807) is 7.11 Å². The summed E-state index contributed by atoms with van der Waals surface area (Å²) in [5, 5.41) is 11.8. The van der Waals surface area contributed by atoms with E-state index in [0.29, 0.717) is 11.6 Å². The van der Waals surface area contributed by atoms with Crippen molar-refractivity contribution in [1.29, 1.82) is 0 Å². The number of carboxylic acid groups (broad SMARTS) is 1. The van der Waals surface area contributed by atoms with Crippen LogP contribution in [0.3, 0.4) is 0 Å². The quantitative estimate of drug-likeness (QED) is 0.0971. The summed E-state index contributed by atoms with van der Waals surface area (Å²) >= 11 is 0. The molecule has 1 rings (SSSR count). The fraction of sp³-hybridized carbons (Fsp3) is 0.719. The van der Waals surface area contributed by atoms with Gasteiger partial charge in [-0.05, 0) is 61.4 Å². The van der Waals surface area contributed by atoms with E-state index in [0.717, 1.165) is 44.5 Å². The molecule has 0 bridgehead atoms. The van der Waals surface area contributed by atoms with Gasteiger partial charge in [-0.1, -0.05) is 84.6 Å². The van der Waals surface area contributed by atoms with Crippen molar-refractivity contribution >= 4 is 20.1 Å². The van der Waals surface area contributed by atoms with Crippen molar-refractivity contribution < 1.29 is 19.1 Å². The first kappa shape index (κ1) is 34.1. The number of nitrogens with one attached hydrogen (secondary N) is 1. The van der Waals surface area contributed by atoms with Crippen molar-refractivity contribution in [1.82, 2.24) is 0 Å². The Hall–Kier alpha value is -1.97. The summed E-state index contributed by atoms with van der Waals surface area (Å²) in [4.78, 5) is 11.1. The molecular weight excluding hydrogens is 490 g/mol. The van der Waals surface area contributed by atoms with Crippen molar-refractivity contribution in [2.75, 3.05) is 19.0 Å². The zero-order valence-corrected chi connectivity index (χ0v) is 26.2. The number of amides is 1. The second-order valence-electron chi connectivity index (χ2n) is 12.1. The summed E-state index contributed by atoms with van der Waals surface area (Å²) in [5.74, 6) is 3.92. The second-order valence-corrected chi connectivity index (χ2v) is 16.9. The predicted molar refractivity (Wildman–Crippen MR) is 164 cm³/mol. The monoisotopic (exact) mass is 545 g/mol. The van der Waals surface area contributed by atoms with Crippen LogP contribution in [-0.2, 0) is 4.43 Å². The van der Waals surface area contributed by atoms with Crippen LogP contribution in [0.4, 0.5) is 10.5 Å². The molecule has 5 nitrogen and oxygen atoms in total. The van der Waals surface area contributed by atoms with E-state index in [-0.39, 0.29) is 5.04 Å². The molecular formula is C32H55NO4Si. The van der Waals surface area contributed by atoms with Crippen molar-refractivity contribution in [3.63, 3.8) is 0 Å². The number of methoxy groups -OCH3 is 1. The van der Waals surface area contributed by atoms with Crippen LogP contribution in [0.1, 0.15) is 122 Å². The van der Waals surface area contributed by atoms with E-state index < -0.39 is 14.4 Å². The molecule has 6 heteroatoms. The first-order valence-electron chi connectivity index (χ1n) is 14.8. The Morgan fingerprint density at radius 3 is 2.05 bits per heavy atom. The van der Waals surface area contributed by atoms with Gasteiger partial charge < -0.3 is 14.3 Å². The molecule has 1 atom stereocenters. The topological polar surface area (TPSA) is 67.8 Å². The standard InChI is InChI=1S/C32H55NO4Si/c1-8-9-10-11-12-13-14-15-18-21-27(29-24-23-28(33-31(34)35)26-30(29)36-5)22-19-16-17-20-25-37-38(6,7)32(2,3)4/h1,23-24,26-27,33H,9-22,25H2,2-7H3,(H,34,35). The van der Waals surface area contributed by atoms with Gasteiger partial charge in [-0.3, -0.25) is 5.32 Å². The van der Waals surface area contributed by atoms with E-state index in [9.17, 15) is 4.79 Å². The highest BCUT2D eigenvalue weighted by molar-refractivity contribution is 6.74. The summed E-state index contributed by atoms with van der Waals surface area (Å²) < 4.78 is 12.0. The third-order valence-electron chi connectivity index (χ3n) is 8.01. The number of ether oxygens (including phenoxy) is 1. The summed E-state index contributed by atoms with van der Waals surface area (Å²) in [7, 11) is 0.0115. The Kier molecular flexibility index (Phi) is 16.4. The van der Waals surface area contributed by atoms with Gasteiger partial charge in [0, 0.05) is 24.8 Å². The Balaban J connectivity index is 2.60. The lowest BCUT2D eigenvalue weighted by molar-refractivity contribution is 0.209. The van der Waals surface area contributed by atoms with Gasteiger partial charge in [-0.15, -0.1) is 12.3 Å². The summed E-state index contributed by atoms with van der Waals surface area (Å²) in [6.45, 7) is 12.4. The van der Waals surface area contributed by atoms with Crippen LogP contribution < -0.4 is 10.1 Å². The zero-order chi connectivity index (χ0) is 28.4. The average Bonchev–Trinajstić information content (AvgIpc) is 2.84. The number of rotatable bonds is 20. The first-order chi connectivity index (χ1) is 18.0. The molecule has 0 aliphatic rings. The molecule has 0 saturated heterocycles. The number of benzene rings is 1. The third-order valence-corrected chi connectivity index (χ3v) is 12.6. The third kappa shape index (κ3) is 13.7. The molecule has 216 valence electrons. The molecule has 38 heavy (non-hydrogen) atoms. The van der Waals surface area contributed by atoms with Gasteiger partial charge in [-0.25, -0.2) is 4.79 Å². The zero-order valence-electron chi connectivity index (χ0n) is 25.2. The molecule has 0 aliphatic carbocycles. The van der Waals surface area contributed by atoms with Crippen LogP contribution in [0.15, 0.2) is 18.2 Å². The van der Waals surface area contributed by atoms with Crippen LogP contribution in [0.5, 0.6) is 5.75 Å². The SMILES string of the molecule is C#CCCCCCCCCCC(CCCCCCO[Si](C)(C)C(C)(C)C)c1ccc(NC(=O)O)cc1OC. The highest BCUT2D eigenvalue weighted by Crippen LogP contribution is 2.37. The van der Waals surface area contributed by atoms with Gasteiger partial charge in [0.25, 0.3) is 0 Å². The minimum absolute atomic E-state index is 0.261. The van der Waals surface area contributed by atoms with Crippen molar-refractivity contribution in [3.8, 4) is 18.1 Å². The lowest BCUT2D eigenvalue weighted by Gasteiger charge is -2.36. The number of carbonyl (C=O) groups is 1. The molecule has 2 N–H and O–H groups in total. The highest BCUT2D eigenvalue weighted by atomic mass is 28.4. The highest BCUT2D eigenvalue weighted by Gasteiger charge is 2.36. The number of hydrogen-bond donors (Lipinski definition) is 2. The minimum Gasteiger partial charge on any atom is -0.496 e. The van der Waals surface area contributed by atoms with Gasteiger partial charge in [0.15, 0.2) is 8.32 Å². The fourth-order valence-electron chi connectivity index (χ4n) is 4.60. The maximum absolute atomic E-state index is 11.1. The summed E-state index contributed by atoms with van der Waals surface area (Å²) in [5.41, 5.74) is 1.74. The largest absolute Gasteiger partial charge is 0.496 e. The van der Waals surface area contributed by atoms with Crippen LogP contribution >= 0.6 is 0 Å². The normalized spacial score (nSPS) is 12.7. The fourth-order valence-corrected chi connectivity index (χ4v) is 5.68. The molecule has 0 aliphatic heterocycles. The van der Waals surface area contributed by atoms with Crippen LogP contribution in [0.2, 0.25) is 18.1 Å². The van der Waals surface area contributed by atoms with E-state index in [4.69, 9.17) is 20.7 Å². The van der Waals surface area contributed by atoms with E-state index in [1.165, 1.54) is 63.4 Å². The molecule has 1 amide bonds. The Bertz CT molecular complexity index is 841. The number of hydrogen-bond acceptors (Lipinski definition) is 3. The van der Waals surface area contributed by atoms with E-state index in [1.807, 2.05) is 18.2 Å².